The number of rotatable bonds is 4. The summed E-state index contributed by atoms with van der Waals surface area (Å²) in [5.74, 6) is -0.788. The number of hydrogen-bond donors (Lipinski definition) is 1. The van der Waals surface area contributed by atoms with Gasteiger partial charge in [0.2, 0.25) is 0 Å². The van der Waals surface area contributed by atoms with Crippen LogP contribution in [0.2, 0.25) is 0 Å². The number of hydrogen-bond acceptors (Lipinski definition) is 2. The minimum Gasteiger partial charge on any atom is -0.480 e. The van der Waals surface area contributed by atoms with Crippen LogP contribution in [0.4, 0.5) is 0 Å². The zero-order chi connectivity index (χ0) is 12.3. The molecule has 0 saturated heterocycles. The molecule has 0 aliphatic heterocycles. The molecule has 0 aromatic heterocycles. The molecule has 0 aliphatic carbocycles. The Hall–Kier alpha value is -1.35. The van der Waals surface area contributed by atoms with Crippen LogP contribution >= 0.6 is 0 Å². The molecule has 3 nitrogen and oxygen atoms in total. The predicted octanol–water partition coefficient (Wildman–Crippen LogP) is 2.13. The lowest BCUT2D eigenvalue weighted by Gasteiger charge is -2.17. The fourth-order valence-electron chi connectivity index (χ4n) is 1.76. The largest absolute Gasteiger partial charge is 0.480 e. The van der Waals surface area contributed by atoms with Crippen LogP contribution in [0.3, 0.4) is 0 Å². The van der Waals surface area contributed by atoms with Crippen molar-refractivity contribution in [2.45, 2.75) is 27.3 Å². The molecule has 0 bridgehead atoms. The average Bonchev–Trinajstić information content (AvgIpc) is 2.18. The van der Waals surface area contributed by atoms with E-state index in [9.17, 15) is 4.79 Å². The summed E-state index contributed by atoms with van der Waals surface area (Å²) in [6.45, 7) is 7.04. The average molecular weight is 221 g/mol. The Kier molecular flexibility index (Phi) is 4.07. The molecule has 16 heavy (non-hydrogen) atoms. The number of aryl methyl sites for hydroxylation is 1. The molecule has 0 unspecified atom stereocenters. The first kappa shape index (κ1) is 12.7. The van der Waals surface area contributed by atoms with Crippen LogP contribution in [0.5, 0.6) is 0 Å². The third kappa shape index (κ3) is 3.07. The van der Waals surface area contributed by atoms with Crippen molar-refractivity contribution in [3.63, 3.8) is 0 Å². The van der Waals surface area contributed by atoms with Gasteiger partial charge in [-0.1, -0.05) is 12.1 Å². The van der Waals surface area contributed by atoms with Crippen LogP contribution in [0, 0.1) is 20.8 Å². The Morgan fingerprint density at radius 1 is 1.25 bits per heavy atom. The third-order valence-corrected chi connectivity index (χ3v) is 3.02. The number of carboxylic acid groups (broad SMARTS) is 1. The second kappa shape index (κ2) is 5.12. The maximum atomic E-state index is 10.6. The van der Waals surface area contributed by atoms with Crippen molar-refractivity contribution >= 4 is 5.97 Å². The molecule has 0 heterocycles. The standard InChI is InChI=1S/C13H19NO2/c1-9-5-6-12(11(3)10(9)2)7-14(4)8-13(15)16/h5-6H,7-8H2,1-4H3,(H,15,16). The summed E-state index contributed by atoms with van der Waals surface area (Å²) < 4.78 is 0. The quantitative estimate of drug-likeness (QED) is 0.846. The van der Waals surface area contributed by atoms with Crippen LogP contribution in [0.15, 0.2) is 12.1 Å². The fraction of sp³-hybridized carbons (Fsp3) is 0.462. The molecule has 88 valence electrons. The topological polar surface area (TPSA) is 40.5 Å². The monoisotopic (exact) mass is 221 g/mol. The van der Waals surface area contributed by atoms with Gasteiger partial charge in [0.1, 0.15) is 0 Å². The zero-order valence-electron chi connectivity index (χ0n) is 10.4. The van der Waals surface area contributed by atoms with E-state index < -0.39 is 5.97 Å². The van der Waals surface area contributed by atoms with E-state index in [4.69, 9.17) is 5.11 Å². The Bertz CT molecular complexity index is 399. The van der Waals surface area contributed by atoms with Crippen LogP contribution in [0.1, 0.15) is 22.3 Å². The van der Waals surface area contributed by atoms with Crippen molar-refractivity contribution in [1.29, 1.82) is 0 Å². The lowest BCUT2D eigenvalue weighted by Crippen LogP contribution is -2.25. The van der Waals surface area contributed by atoms with Crippen molar-refractivity contribution in [1.82, 2.24) is 4.90 Å². The van der Waals surface area contributed by atoms with Gasteiger partial charge in [0.25, 0.3) is 0 Å². The van der Waals surface area contributed by atoms with Gasteiger partial charge >= 0.3 is 5.97 Å². The smallest absolute Gasteiger partial charge is 0.317 e. The number of carbonyl (C=O) groups is 1. The third-order valence-electron chi connectivity index (χ3n) is 3.02. The Morgan fingerprint density at radius 2 is 1.88 bits per heavy atom. The lowest BCUT2D eigenvalue weighted by atomic mass is 9.98. The highest BCUT2D eigenvalue weighted by Crippen LogP contribution is 2.18. The van der Waals surface area contributed by atoms with Gasteiger partial charge in [0, 0.05) is 6.54 Å². The number of nitrogens with zero attached hydrogens (tertiary/aromatic N) is 1. The number of aliphatic carboxylic acids is 1. The van der Waals surface area contributed by atoms with Gasteiger partial charge in [-0.2, -0.15) is 0 Å². The SMILES string of the molecule is Cc1ccc(CN(C)CC(=O)O)c(C)c1C. The van der Waals surface area contributed by atoms with E-state index in [-0.39, 0.29) is 6.54 Å². The molecule has 0 fully saturated rings. The highest BCUT2D eigenvalue weighted by atomic mass is 16.4. The molecule has 1 N–H and O–H groups in total. The molecule has 3 heteroatoms. The van der Waals surface area contributed by atoms with Crippen molar-refractivity contribution in [2.75, 3.05) is 13.6 Å². The summed E-state index contributed by atoms with van der Waals surface area (Å²) in [6.07, 6.45) is 0. The second-order valence-electron chi connectivity index (χ2n) is 4.36. The molecule has 1 aromatic rings. The van der Waals surface area contributed by atoms with Crippen molar-refractivity contribution in [3.8, 4) is 0 Å². The maximum Gasteiger partial charge on any atom is 0.317 e. The lowest BCUT2D eigenvalue weighted by molar-refractivity contribution is -0.138. The van der Waals surface area contributed by atoms with Gasteiger partial charge in [-0.25, -0.2) is 0 Å². The maximum absolute atomic E-state index is 10.6. The predicted molar refractivity (Wildman–Crippen MR) is 64.6 cm³/mol. The Balaban J connectivity index is 2.82. The second-order valence-corrected chi connectivity index (χ2v) is 4.36. The molecule has 0 radical (unpaired) electrons. The van der Waals surface area contributed by atoms with Gasteiger partial charge < -0.3 is 5.11 Å². The van der Waals surface area contributed by atoms with E-state index in [1.54, 1.807) is 4.90 Å². The van der Waals surface area contributed by atoms with E-state index in [2.05, 4.69) is 32.9 Å². The minimum absolute atomic E-state index is 0.0758. The molecule has 0 spiro atoms. The van der Waals surface area contributed by atoms with E-state index in [0.29, 0.717) is 6.54 Å². The number of likely N-dealkylation sites (N-methyl/N-ethyl adjacent to an activating group) is 1. The highest BCUT2D eigenvalue weighted by Gasteiger charge is 2.08. The van der Waals surface area contributed by atoms with Crippen LogP contribution < -0.4 is 0 Å². The molecule has 1 rings (SSSR count). The normalized spacial score (nSPS) is 10.8. The molecular formula is C13H19NO2. The summed E-state index contributed by atoms with van der Waals surface area (Å²) in [6, 6.07) is 4.17. The van der Waals surface area contributed by atoms with Gasteiger partial charge in [0.15, 0.2) is 0 Å². The summed E-state index contributed by atoms with van der Waals surface area (Å²) in [4.78, 5) is 12.4. The minimum atomic E-state index is -0.788. The summed E-state index contributed by atoms with van der Waals surface area (Å²) in [5.41, 5.74) is 5.03. The van der Waals surface area contributed by atoms with Gasteiger partial charge in [-0.3, -0.25) is 9.69 Å². The van der Waals surface area contributed by atoms with E-state index in [1.807, 2.05) is 7.05 Å². The van der Waals surface area contributed by atoms with Gasteiger partial charge in [-0.05, 0) is 50.1 Å². The van der Waals surface area contributed by atoms with Crippen LogP contribution in [0.25, 0.3) is 0 Å². The van der Waals surface area contributed by atoms with Crippen molar-refractivity contribution in [2.24, 2.45) is 0 Å². The molecular weight excluding hydrogens is 202 g/mol. The number of benzene rings is 1. The van der Waals surface area contributed by atoms with Gasteiger partial charge in [0.05, 0.1) is 6.54 Å². The van der Waals surface area contributed by atoms with Crippen molar-refractivity contribution < 1.29 is 9.90 Å². The summed E-state index contributed by atoms with van der Waals surface area (Å²) >= 11 is 0. The molecule has 0 saturated carbocycles. The molecule has 1 aromatic carbocycles. The Morgan fingerprint density at radius 3 is 2.44 bits per heavy atom. The van der Waals surface area contributed by atoms with Crippen LogP contribution in [-0.4, -0.2) is 29.6 Å². The fourth-order valence-corrected chi connectivity index (χ4v) is 1.76. The number of carboxylic acids is 1. The highest BCUT2D eigenvalue weighted by molar-refractivity contribution is 5.69. The van der Waals surface area contributed by atoms with Gasteiger partial charge in [-0.15, -0.1) is 0 Å². The Labute approximate surface area is 96.7 Å². The molecule has 0 aliphatic rings. The van der Waals surface area contributed by atoms with Crippen molar-refractivity contribution in [3.05, 3.63) is 34.4 Å². The summed E-state index contributed by atoms with van der Waals surface area (Å²) in [5, 5.41) is 8.69. The first-order valence-electron chi connectivity index (χ1n) is 5.38. The molecule has 0 atom stereocenters. The summed E-state index contributed by atoms with van der Waals surface area (Å²) in [7, 11) is 1.82. The zero-order valence-corrected chi connectivity index (χ0v) is 10.4. The first-order valence-corrected chi connectivity index (χ1v) is 5.38. The van der Waals surface area contributed by atoms with E-state index >= 15 is 0 Å². The van der Waals surface area contributed by atoms with Crippen LogP contribution in [-0.2, 0) is 11.3 Å². The van der Waals surface area contributed by atoms with E-state index in [0.717, 1.165) is 0 Å². The first-order chi connectivity index (χ1) is 7.41. The van der Waals surface area contributed by atoms with E-state index in [1.165, 1.54) is 22.3 Å². The molecule has 0 amide bonds.